The summed E-state index contributed by atoms with van der Waals surface area (Å²) in [6, 6.07) is 9.48. The lowest BCUT2D eigenvalue weighted by Gasteiger charge is -2.37. The van der Waals surface area contributed by atoms with Gasteiger partial charge in [-0.1, -0.05) is 6.42 Å². The second-order valence-corrected chi connectivity index (χ2v) is 11.5. The Labute approximate surface area is 259 Å². The average molecular weight is 625 g/mol. The van der Waals surface area contributed by atoms with Gasteiger partial charge in [-0.25, -0.2) is 23.5 Å². The monoisotopic (exact) mass is 624 g/mol. The average Bonchev–Trinajstić information content (AvgIpc) is 3.72. The summed E-state index contributed by atoms with van der Waals surface area (Å²) in [6.45, 7) is 4.62. The molecular weight excluding hydrogens is 586 g/mol. The molecule has 5 heterocycles. The smallest absolute Gasteiger partial charge is 0.335 e. The van der Waals surface area contributed by atoms with Gasteiger partial charge in [0, 0.05) is 18.3 Å². The van der Waals surface area contributed by atoms with E-state index in [0.29, 0.717) is 11.5 Å². The van der Waals surface area contributed by atoms with Crippen LogP contribution in [0.4, 0.5) is 8.78 Å². The van der Waals surface area contributed by atoms with E-state index in [1.54, 1.807) is 12.1 Å². The number of aromatic carboxylic acids is 1. The first-order chi connectivity index (χ1) is 21.8. The molecule has 0 atom stereocenters. The lowest BCUT2D eigenvalue weighted by Crippen LogP contribution is -2.41. The highest BCUT2D eigenvalue weighted by Crippen LogP contribution is 2.49. The molecule has 0 unspecified atom stereocenters. The second-order valence-electron chi connectivity index (χ2n) is 11.5. The van der Waals surface area contributed by atoms with Crippen LogP contribution >= 0.6 is 0 Å². The van der Waals surface area contributed by atoms with Crippen LogP contribution in [0.2, 0.25) is 0 Å². The number of likely N-dealkylation sites (tertiary alicyclic amines) is 1. The first kappa shape index (κ1) is 32.2. The number of nitrogens with two attached hydrogens (primary N) is 1. The summed E-state index contributed by atoms with van der Waals surface area (Å²) < 4.78 is 39.2. The molecule has 13 heteroatoms. The fourth-order valence-corrected chi connectivity index (χ4v) is 6.13. The van der Waals surface area contributed by atoms with E-state index in [0.717, 1.165) is 74.6 Å². The van der Waals surface area contributed by atoms with Gasteiger partial charge in [0.2, 0.25) is 0 Å². The predicted octanol–water partition coefficient (Wildman–Crippen LogP) is 4.10. The first-order valence-corrected chi connectivity index (χ1v) is 15.1. The van der Waals surface area contributed by atoms with Crippen LogP contribution in [-0.2, 0) is 24.4 Å². The lowest BCUT2D eigenvalue weighted by atomic mass is 9.74. The molecule has 2 aromatic carbocycles. The number of hydrogen-bond donors (Lipinski definition) is 3. The summed E-state index contributed by atoms with van der Waals surface area (Å²) in [6.07, 6.45) is 7.37. The second kappa shape index (κ2) is 14.3. The van der Waals surface area contributed by atoms with Crippen LogP contribution in [0.3, 0.4) is 0 Å². The van der Waals surface area contributed by atoms with Gasteiger partial charge in [-0.2, -0.15) is 0 Å². The number of carboxylic acid groups (broad SMARTS) is 1. The van der Waals surface area contributed by atoms with Gasteiger partial charge in [0.25, 0.3) is 5.56 Å². The highest BCUT2D eigenvalue weighted by Gasteiger charge is 2.52. The molecule has 4 aliphatic rings. The minimum atomic E-state index is -0.892. The number of carboxylic acids is 1. The summed E-state index contributed by atoms with van der Waals surface area (Å²) in [5, 5.41) is 9.38. The zero-order valence-electron chi connectivity index (χ0n) is 25.2. The van der Waals surface area contributed by atoms with Gasteiger partial charge in [-0.05, 0) is 82.1 Å². The van der Waals surface area contributed by atoms with Crippen molar-refractivity contribution in [2.45, 2.75) is 57.4 Å². The Morgan fingerprint density at radius 3 is 2.58 bits per heavy atom. The SMILES string of the molecule is CN.O=C(O)c1ccc2nc(CN3CCCCC3)n(CC34CC(CO3)C4)c2c1.O=c1ccnc(COc2ccc(F)cc2F)[nH]1. The van der Waals surface area contributed by atoms with E-state index in [2.05, 4.69) is 25.2 Å². The number of piperidine rings is 1. The number of fused-ring (bicyclic) bond motifs is 2. The van der Waals surface area contributed by atoms with Gasteiger partial charge in [0.05, 0.1) is 41.9 Å². The number of aromatic nitrogens is 4. The van der Waals surface area contributed by atoms with Crippen molar-refractivity contribution in [2.75, 3.05) is 26.7 Å². The van der Waals surface area contributed by atoms with Crippen molar-refractivity contribution in [2.24, 2.45) is 11.7 Å². The van der Waals surface area contributed by atoms with Crippen LogP contribution in [0.1, 0.15) is 54.1 Å². The van der Waals surface area contributed by atoms with Crippen molar-refractivity contribution >= 4 is 17.0 Å². The number of imidazole rings is 1. The van der Waals surface area contributed by atoms with Crippen LogP contribution in [0.25, 0.3) is 11.0 Å². The van der Waals surface area contributed by atoms with Crippen molar-refractivity contribution in [1.82, 2.24) is 24.4 Å². The normalized spacial score (nSPS) is 20.4. The Balaban J connectivity index is 0.000000183. The van der Waals surface area contributed by atoms with Crippen LogP contribution in [0.15, 0.2) is 53.5 Å². The van der Waals surface area contributed by atoms with E-state index >= 15 is 0 Å². The number of hydrogen-bond acceptors (Lipinski definition) is 8. The molecule has 0 amide bonds. The minimum Gasteiger partial charge on any atom is -0.483 e. The number of nitrogens with zero attached hydrogens (tertiary/aromatic N) is 4. The molecule has 1 saturated carbocycles. The van der Waals surface area contributed by atoms with E-state index in [-0.39, 0.29) is 29.3 Å². The molecule has 0 spiro atoms. The predicted molar refractivity (Wildman–Crippen MR) is 163 cm³/mol. The molecule has 45 heavy (non-hydrogen) atoms. The molecule has 2 bridgehead atoms. The van der Waals surface area contributed by atoms with Gasteiger partial charge in [0.15, 0.2) is 11.6 Å². The lowest BCUT2D eigenvalue weighted by molar-refractivity contribution is -0.0137. The molecule has 8 rings (SSSR count). The first-order valence-electron chi connectivity index (χ1n) is 15.1. The molecule has 4 N–H and O–H groups in total. The van der Waals surface area contributed by atoms with Gasteiger partial charge < -0.3 is 29.9 Å². The number of carbonyl (C=O) groups is 1. The van der Waals surface area contributed by atoms with Crippen LogP contribution in [0, 0.1) is 17.6 Å². The number of rotatable bonds is 8. The largest absolute Gasteiger partial charge is 0.483 e. The van der Waals surface area contributed by atoms with Gasteiger partial charge in [0.1, 0.15) is 24.1 Å². The summed E-state index contributed by atoms with van der Waals surface area (Å²) in [4.78, 5) is 36.0. The zero-order chi connectivity index (χ0) is 32.0. The van der Waals surface area contributed by atoms with Crippen molar-refractivity contribution in [3.8, 4) is 5.75 Å². The van der Waals surface area contributed by atoms with E-state index in [1.807, 2.05) is 6.07 Å². The Hall–Kier alpha value is -4.20. The third-order valence-corrected chi connectivity index (χ3v) is 8.26. The fourth-order valence-electron chi connectivity index (χ4n) is 6.13. The number of nitrogens with one attached hydrogen (secondary N) is 1. The summed E-state index contributed by atoms with van der Waals surface area (Å²) in [5.74, 6) is -0.456. The van der Waals surface area contributed by atoms with Crippen LogP contribution in [0.5, 0.6) is 5.75 Å². The molecule has 2 aromatic heterocycles. The van der Waals surface area contributed by atoms with E-state index in [1.165, 1.54) is 44.6 Å². The van der Waals surface area contributed by atoms with Crippen molar-refractivity contribution in [3.05, 3.63) is 87.9 Å². The molecule has 4 fully saturated rings. The number of benzene rings is 2. The zero-order valence-corrected chi connectivity index (χ0v) is 25.2. The Bertz CT molecular complexity index is 1670. The van der Waals surface area contributed by atoms with Gasteiger partial charge in [-0.3, -0.25) is 9.69 Å². The number of H-pyrrole nitrogens is 1. The number of ether oxygens (including phenoxy) is 2. The summed E-state index contributed by atoms with van der Waals surface area (Å²) >= 11 is 0. The number of aromatic amines is 1. The topological polar surface area (TPSA) is 149 Å². The van der Waals surface area contributed by atoms with Crippen LogP contribution in [-0.4, -0.2) is 67.8 Å². The van der Waals surface area contributed by atoms with E-state index in [9.17, 15) is 23.5 Å². The van der Waals surface area contributed by atoms with Gasteiger partial charge >= 0.3 is 5.97 Å². The molecule has 240 valence electrons. The molecule has 1 aliphatic carbocycles. The maximum Gasteiger partial charge on any atom is 0.335 e. The standard InChI is InChI=1S/C20H25N3O3.C11H8F2N2O2.CH5N/c24-19(25)15-4-5-16-17(8-15)23(13-20-9-14(10-20)12-26-20)18(21-16)11-22-6-2-1-3-7-22;12-7-1-2-9(8(13)5-7)17-6-10-14-4-3-11(16)15-10;1-2/h4-5,8,14H,1-3,6-7,9-13H2,(H,24,25);1-5H,6H2,(H,14,15,16);2H2,1H3. The summed E-state index contributed by atoms with van der Waals surface area (Å²) in [5.41, 5.74) is 6.24. The maximum atomic E-state index is 13.2. The van der Waals surface area contributed by atoms with E-state index < -0.39 is 17.6 Å². The Morgan fingerprint density at radius 2 is 1.91 bits per heavy atom. The fraction of sp³-hybridized carbons (Fsp3) is 0.438. The summed E-state index contributed by atoms with van der Waals surface area (Å²) in [7, 11) is 1.50. The number of halogens is 2. The highest BCUT2D eigenvalue weighted by atomic mass is 19.1. The van der Waals surface area contributed by atoms with Crippen LogP contribution < -0.4 is 16.0 Å². The molecule has 3 aliphatic heterocycles. The molecule has 0 radical (unpaired) electrons. The van der Waals surface area contributed by atoms with Crippen molar-refractivity contribution in [1.29, 1.82) is 0 Å². The molecule has 3 saturated heterocycles. The maximum absolute atomic E-state index is 13.2. The highest BCUT2D eigenvalue weighted by molar-refractivity contribution is 5.92. The molecule has 11 nitrogen and oxygen atoms in total. The third kappa shape index (κ3) is 7.72. The Morgan fingerprint density at radius 1 is 1.13 bits per heavy atom. The van der Waals surface area contributed by atoms with E-state index in [4.69, 9.17) is 14.5 Å². The minimum absolute atomic E-state index is 0.0613. The molecular formula is C32H38F2N6O5. The van der Waals surface area contributed by atoms with Crippen molar-refractivity contribution < 1.29 is 28.2 Å². The van der Waals surface area contributed by atoms with Gasteiger partial charge in [-0.15, -0.1) is 0 Å². The van der Waals surface area contributed by atoms with Crippen molar-refractivity contribution in [3.63, 3.8) is 0 Å². The molecule has 4 aromatic rings. The third-order valence-electron chi connectivity index (χ3n) is 8.26. The quantitative estimate of drug-likeness (QED) is 0.263. The Kier molecular flexibility index (Phi) is 10.2.